The molecule has 0 unspecified atom stereocenters. The molecule has 0 aliphatic heterocycles. The molecule has 2 heterocycles. The number of rotatable bonds is 2. The van der Waals surface area contributed by atoms with E-state index in [0.29, 0.717) is 5.71 Å². The van der Waals surface area contributed by atoms with Crippen LogP contribution >= 0.6 is 0 Å². The molecule has 4 nitrogen and oxygen atoms in total. The summed E-state index contributed by atoms with van der Waals surface area (Å²) in [6, 6.07) is 1.90. The van der Waals surface area contributed by atoms with E-state index >= 15 is 0 Å². The van der Waals surface area contributed by atoms with E-state index in [1.807, 2.05) is 6.07 Å². The summed E-state index contributed by atoms with van der Waals surface area (Å²) in [6.07, 6.45) is 3.44. The summed E-state index contributed by atoms with van der Waals surface area (Å²) in [4.78, 5) is 17.0. The predicted molar refractivity (Wildman–Crippen MR) is 48.6 cm³/mol. The molecule has 0 aromatic carbocycles. The molecule has 0 radical (unpaired) electrons. The van der Waals surface area contributed by atoms with Crippen molar-refractivity contribution in [3.8, 4) is 0 Å². The Labute approximate surface area is 74.6 Å². The number of nitrogens with one attached hydrogen (secondary N) is 1. The van der Waals surface area contributed by atoms with Crippen molar-refractivity contribution in [3.63, 3.8) is 0 Å². The Morgan fingerprint density at radius 1 is 1.62 bits per heavy atom. The van der Waals surface area contributed by atoms with Crippen molar-refractivity contribution >= 4 is 11.1 Å². The zero-order chi connectivity index (χ0) is 9.26. The summed E-state index contributed by atoms with van der Waals surface area (Å²) >= 11 is 0. The van der Waals surface area contributed by atoms with Crippen molar-refractivity contribution in [2.24, 2.45) is 0 Å². The summed E-state index contributed by atoms with van der Waals surface area (Å²) < 4.78 is 5.39. The van der Waals surface area contributed by atoms with Gasteiger partial charge in [-0.3, -0.25) is 4.98 Å². The lowest BCUT2D eigenvalue weighted by atomic mass is 10.2. The topological polar surface area (TPSA) is 58.9 Å². The quantitative estimate of drug-likeness (QED) is 0.757. The van der Waals surface area contributed by atoms with Crippen LogP contribution in [-0.4, -0.2) is 9.97 Å². The maximum absolute atomic E-state index is 10.8. The minimum absolute atomic E-state index is 0.370. The molecule has 0 aliphatic carbocycles. The minimum atomic E-state index is -0.370. The number of hydrogen-bond acceptors (Lipinski definition) is 3. The first-order valence-electron chi connectivity index (χ1n) is 4.27. The second-order valence-corrected chi connectivity index (χ2v) is 2.94. The van der Waals surface area contributed by atoms with E-state index in [1.54, 1.807) is 0 Å². The molecule has 0 amide bonds. The first-order chi connectivity index (χ1) is 6.29. The van der Waals surface area contributed by atoms with Crippen LogP contribution in [0.4, 0.5) is 0 Å². The van der Waals surface area contributed by atoms with Crippen LogP contribution in [0, 0.1) is 0 Å². The fraction of sp³-hybridized carbons (Fsp3) is 0.333. The summed E-state index contributed by atoms with van der Waals surface area (Å²) in [5.74, 6) is 0.890. The van der Waals surface area contributed by atoms with Crippen LogP contribution in [0.1, 0.15) is 19.1 Å². The molecule has 13 heavy (non-hydrogen) atoms. The van der Waals surface area contributed by atoms with Gasteiger partial charge in [-0.15, -0.1) is 0 Å². The Morgan fingerprint density at radius 2 is 2.46 bits per heavy atom. The van der Waals surface area contributed by atoms with Gasteiger partial charge in [0.2, 0.25) is 5.71 Å². The number of H-pyrrole nitrogens is 1. The lowest BCUT2D eigenvalue weighted by Crippen LogP contribution is -2.07. The molecule has 0 atom stereocenters. The third-order valence-electron chi connectivity index (χ3n) is 1.85. The molecule has 68 valence electrons. The highest BCUT2D eigenvalue weighted by molar-refractivity contribution is 5.72. The van der Waals surface area contributed by atoms with E-state index in [-0.39, 0.29) is 5.69 Å². The summed E-state index contributed by atoms with van der Waals surface area (Å²) in [5.41, 5.74) is 0.147. The van der Waals surface area contributed by atoms with Gasteiger partial charge in [-0.05, 0) is 12.5 Å². The molecule has 1 N–H and O–H groups in total. The second-order valence-electron chi connectivity index (χ2n) is 2.94. The van der Waals surface area contributed by atoms with Crippen molar-refractivity contribution in [1.29, 1.82) is 0 Å². The van der Waals surface area contributed by atoms with E-state index in [1.165, 1.54) is 6.20 Å². The fourth-order valence-electron chi connectivity index (χ4n) is 1.28. The van der Waals surface area contributed by atoms with Gasteiger partial charge in [0.05, 0.1) is 5.39 Å². The van der Waals surface area contributed by atoms with Gasteiger partial charge in [0.25, 0.3) is 0 Å². The van der Waals surface area contributed by atoms with Crippen LogP contribution in [0.3, 0.4) is 0 Å². The summed E-state index contributed by atoms with van der Waals surface area (Å²) in [7, 11) is 0. The fourth-order valence-corrected chi connectivity index (χ4v) is 1.28. The van der Waals surface area contributed by atoms with E-state index < -0.39 is 0 Å². The van der Waals surface area contributed by atoms with Crippen molar-refractivity contribution in [3.05, 3.63) is 28.5 Å². The van der Waals surface area contributed by atoms with Gasteiger partial charge < -0.3 is 4.42 Å². The van der Waals surface area contributed by atoms with Gasteiger partial charge in [-0.25, -0.2) is 9.78 Å². The Bertz CT molecular complexity index is 470. The van der Waals surface area contributed by atoms with Crippen LogP contribution in [-0.2, 0) is 6.42 Å². The van der Waals surface area contributed by atoms with Crippen molar-refractivity contribution < 1.29 is 4.42 Å². The van der Waals surface area contributed by atoms with Gasteiger partial charge >= 0.3 is 5.69 Å². The zero-order valence-electron chi connectivity index (χ0n) is 7.33. The average molecular weight is 178 g/mol. The van der Waals surface area contributed by atoms with Crippen LogP contribution in [0.15, 0.2) is 21.5 Å². The van der Waals surface area contributed by atoms with Crippen molar-refractivity contribution in [2.75, 3.05) is 0 Å². The van der Waals surface area contributed by atoms with Gasteiger partial charge in [0.1, 0.15) is 5.76 Å². The Kier molecular flexibility index (Phi) is 1.88. The number of furan rings is 1. The molecule has 2 aromatic rings. The number of nitrogens with zero attached hydrogens (tertiary/aromatic N) is 1. The lowest BCUT2D eigenvalue weighted by Gasteiger charge is -1.87. The van der Waals surface area contributed by atoms with Gasteiger partial charge in [0.15, 0.2) is 0 Å². The summed E-state index contributed by atoms with van der Waals surface area (Å²) in [5, 5.41) is 0.850. The van der Waals surface area contributed by atoms with E-state index in [9.17, 15) is 4.79 Å². The first-order valence-corrected chi connectivity index (χ1v) is 4.27. The van der Waals surface area contributed by atoms with Crippen molar-refractivity contribution in [2.45, 2.75) is 19.8 Å². The van der Waals surface area contributed by atoms with Crippen LogP contribution < -0.4 is 5.69 Å². The van der Waals surface area contributed by atoms with Crippen LogP contribution in [0.5, 0.6) is 0 Å². The molecule has 0 aliphatic rings. The Hall–Kier alpha value is -1.58. The molecule has 0 saturated heterocycles. The number of fused-ring (bicyclic) bond motifs is 1. The number of hydrogen-bond donors (Lipinski definition) is 1. The zero-order valence-corrected chi connectivity index (χ0v) is 7.33. The van der Waals surface area contributed by atoms with Crippen LogP contribution in [0.2, 0.25) is 0 Å². The van der Waals surface area contributed by atoms with E-state index in [4.69, 9.17) is 4.42 Å². The highest BCUT2D eigenvalue weighted by atomic mass is 16.3. The number of aromatic nitrogens is 2. The van der Waals surface area contributed by atoms with Crippen LogP contribution in [0.25, 0.3) is 11.1 Å². The maximum atomic E-state index is 10.8. The predicted octanol–water partition coefficient (Wildman–Crippen LogP) is 1.47. The second kappa shape index (κ2) is 3.05. The minimum Gasteiger partial charge on any atom is -0.445 e. The van der Waals surface area contributed by atoms with Gasteiger partial charge in [0, 0.05) is 12.6 Å². The number of aryl methyl sites for hydroxylation is 1. The van der Waals surface area contributed by atoms with Crippen molar-refractivity contribution in [1.82, 2.24) is 9.97 Å². The molecule has 4 heteroatoms. The van der Waals surface area contributed by atoms with Gasteiger partial charge in [-0.1, -0.05) is 6.92 Å². The van der Waals surface area contributed by atoms with E-state index in [2.05, 4.69) is 16.9 Å². The molecule has 0 saturated carbocycles. The normalized spacial score (nSPS) is 10.8. The monoisotopic (exact) mass is 178 g/mol. The lowest BCUT2D eigenvalue weighted by molar-refractivity contribution is 0.534. The third-order valence-corrected chi connectivity index (χ3v) is 1.85. The molecule has 0 bridgehead atoms. The largest absolute Gasteiger partial charge is 0.445 e. The Balaban J connectivity index is 2.55. The SMILES string of the molecule is CCCc1cc2cnc(=O)[nH]c2o1. The molecule has 0 spiro atoms. The summed E-state index contributed by atoms with van der Waals surface area (Å²) in [6.45, 7) is 2.08. The highest BCUT2D eigenvalue weighted by Gasteiger charge is 2.03. The first kappa shape index (κ1) is 8.04. The highest BCUT2D eigenvalue weighted by Crippen LogP contribution is 2.15. The molecule has 2 rings (SSSR count). The molecule has 0 fully saturated rings. The smallest absolute Gasteiger partial charge is 0.347 e. The third kappa shape index (κ3) is 1.47. The molecule has 2 aromatic heterocycles. The molecular weight excluding hydrogens is 168 g/mol. The Morgan fingerprint density at radius 3 is 3.23 bits per heavy atom. The standard InChI is InChI=1S/C9H10N2O2/c1-2-3-7-4-6-5-10-9(12)11-8(6)13-7/h4-5H,2-3H2,1H3,(H,10,11,12). The number of aromatic amines is 1. The maximum Gasteiger partial charge on any atom is 0.347 e. The van der Waals surface area contributed by atoms with Gasteiger partial charge in [-0.2, -0.15) is 0 Å². The van der Waals surface area contributed by atoms with E-state index in [0.717, 1.165) is 24.0 Å². The molecular formula is C9H10N2O2. The average Bonchev–Trinajstić information content (AvgIpc) is 2.46.